The number of hydrogen-bond acceptors (Lipinski definition) is 4. The molecule has 1 aromatic rings. The van der Waals surface area contributed by atoms with Gasteiger partial charge in [-0.2, -0.15) is 0 Å². The average molecular weight is 250 g/mol. The first-order valence-electron chi connectivity index (χ1n) is 6.96. The van der Waals surface area contributed by atoms with E-state index in [-0.39, 0.29) is 0 Å². The zero-order chi connectivity index (χ0) is 13.4. The van der Waals surface area contributed by atoms with Crippen LogP contribution in [0.4, 0.5) is 5.82 Å². The van der Waals surface area contributed by atoms with Crippen LogP contribution in [0, 0.1) is 0 Å². The minimum absolute atomic E-state index is 0.470. The summed E-state index contributed by atoms with van der Waals surface area (Å²) in [5.41, 5.74) is 1.01. The minimum Gasteiger partial charge on any atom is -0.355 e. The van der Waals surface area contributed by atoms with Crippen LogP contribution in [0.3, 0.4) is 0 Å². The number of hydrogen-bond donors (Lipinski definition) is 1. The van der Waals surface area contributed by atoms with Crippen LogP contribution in [-0.4, -0.2) is 29.1 Å². The van der Waals surface area contributed by atoms with Crippen molar-refractivity contribution in [3.63, 3.8) is 0 Å². The van der Waals surface area contributed by atoms with Crippen molar-refractivity contribution in [1.82, 2.24) is 15.3 Å². The molecule has 0 atom stereocenters. The number of anilines is 1. The van der Waals surface area contributed by atoms with Gasteiger partial charge in [-0.05, 0) is 12.8 Å². The maximum atomic E-state index is 4.68. The average Bonchev–Trinajstić information content (AvgIpc) is 2.36. The van der Waals surface area contributed by atoms with Gasteiger partial charge < -0.3 is 10.2 Å². The van der Waals surface area contributed by atoms with E-state index in [0.29, 0.717) is 6.04 Å². The van der Waals surface area contributed by atoms with Gasteiger partial charge in [-0.3, -0.25) is 4.98 Å². The Morgan fingerprint density at radius 3 is 2.39 bits per heavy atom. The molecule has 102 valence electrons. The van der Waals surface area contributed by atoms with Gasteiger partial charge in [-0.15, -0.1) is 0 Å². The highest BCUT2D eigenvalue weighted by molar-refractivity contribution is 5.36. The Kier molecular flexibility index (Phi) is 6.65. The summed E-state index contributed by atoms with van der Waals surface area (Å²) in [6.45, 7) is 11.5. The third-order valence-corrected chi connectivity index (χ3v) is 2.67. The van der Waals surface area contributed by atoms with Crippen molar-refractivity contribution in [2.75, 3.05) is 18.0 Å². The topological polar surface area (TPSA) is 41.1 Å². The van der Waals surface area contributed by atoms with E-state index in [0.717, 1.165) is 44.0 Å². The van der Waals surface area contributed by atoms with Gasteiger partial charge >= 0.3 is 0 Å². The van der Waals surface area contributed by atoms with Crippen LogP contribution >= 0.6 is 0 Å². The van der Waals surface area contributed by atoms with Gasteiger partial charge in [-0.1, -0.05) is 27.7 Å². The number of nitrogens with zero attached hydrogens (tertiary/aromatic N) is 3. The molecule has 1 N–H and O–H groups in total. The minimum atomic E-state index is 0.470. The molecule has 1 aromatic heterocycles. The molecule has 0 radical (unpaired) electrons. The molecule has 0 bridgehead atoms. The number of aromatic nitrogens is 2. The van der Waals surface area contributed by atoms with E-state index in [4.69, 9.17) is 0 Å². The maximum absolute atomic E-state index is 4.68. The highest BCUT2D eigenvalue weighted by Crippen LogP contribution is 2.11. The Morgan fingerprint density at radius 2 is 1.83 bits per heavy atom. The second-order valence-electron chi connectivity index (χ2n) is 4.89. The summed E-state index contributed by atoms with van der Waals surface area (Å²) in [5.74, 6) is 1.00. The summed E-state index contributed by atoms with van der Waals surface area (Å²) in [7, 11) is 0. The lowest BCUT2D eigenvalue weighted by Gasteiger charge is -2.22. The summed E-state index contributed by atoms with van der Waals surface area (Å²) in [5, 5.41) is 3.37. The largest absolute Gasteiger partial charge is 0.355 e. The van der Waals surface area contributed by atoms with Crippen LogP contribution in [-0.2, 0) is 6.54 Å². The molecule has 1 rings (SSSR count). The van der Waals surface area contributed by atoms with Crippen LogP contribution in [0.25, 0.3) is 0 Å². The van der Waals surface area contributed by atoms with Crippen LogP contribution in [0.1, 0.15) is 46.2 Å². The Morgan fingerprint density at radius 1 is 1.17 bits per heavy atom. The monoisotopic (exact) mass is 250 g/mol. The van der Waals surface area contributed by atoms with Gasteiger partial charge in [0.2, 0.25) is 0 Å². The molecule has 4 heteroatoms. The molecule has 18 heavy (non-hydrogen) atoms. The van der Waals surface area contributed by atoms with Crippen molar-refractivity contribution in [2.24, 2.45) is 0 Å². The third-order valence-electron chi connectivity index (χ3n) is 2.67. The molecule has 4 nitrogen and oxygen atoms in total. The molecule has 0 aliphatic rings. The van der Waals surface area contributed by atoms with Gasteiger partial charge in [0.15, 0.2) is 0 Å². The van der Waals surface area contributed by atoms with Gasteiger partial charge in [0, 0.05) is 31.9 Å². The molecule has 0 saturated heterocycles. The van der Waals surface area contributed by atoms with Gasteiger partial charge in [0.05, 0.1) is 11.9 Å². The third kappa shape index (κ3) is 5.00. The summed E-state index contributed by atoms with van der Waals surface area (Å²) in [6, 6.07) is 0.470. The summed E-state index contributed by atoms with van der Waals surface area (Å²) >= 11 is 0. The van der Waals surface area contributed by atoms with E-state index in [9.17, 15) is 0 Å². The molecule has 0 aromatic carbocycles. The second kappa shape index (κ2) is 8.03. The normalized spacial score (nSPS) is 10.9. The van der Waals surface area contributed by atoms with E-state index in [2.05, 4.69) is 47.9 Å². The van der Waals surface area contributed by atoms with Crippen molar-refractivity contribution in [3.05, 3.63) is 18.1 Å². The SMILES string of the molecule is CCCN(CCC)c1cncc(CNC(C)C)n1. The smallest absolute Gasteiger partial charge is 0.147 e. The van der Waals surface area contributed by atoms with Crippen LogP contribution < -0.4 is 10.2 Å². The Labute approximate surface area is 111 Å². The number of rotatable bonds is 8. The highest BCUT2D eigenvalue weighted by atomic mass is 15.2. The molecule has 0 aliphatic carbocycles. The van der Waals surface area contributed by atoms with Gasteiger partial charge in [0.1, 0.15) is 5.82 Å². The van der Waals surface area contributed by atoms with Crippen LogP contribution in [0.2, 0.25) is 0 Å². The zero-order valence-electron chi connectivity index (χ0n) is 12.1. The first-order chi connectivity index (χ1) is 8.67. The highest BCUT2D eigenvalue weighted by Gasteiger charge is 2.07. The van der Waals surface area contributed by atoms with Crippen molar-refractivity contribution in [1.29, 1.82) is 0 Å². The first kappa shape index (κ1) is 14.9. The lowest BCUT2D eigenvalue weighted by molar-refractivity contribution is 0.579. The van der Waals surface area contributed by atoms with Crippen molar-refractivity contribution in [2.45, 2.75) is 53.1 Å². The fourth-order valence-corrected chi connectivity index (χ4v) is 1.82. The second-order valence-corrected chi connectivity index (χ2v) is 4.89. The van der Waals surface area contributed by atoms with E-state index >= 15 is 0 Å². The predicted octanol–water partition coefficient (Wildman–Crippen LogP) is 2.60. The summed E-state index contributed by atoms with van der Waals surface area (Å²) < 4.78 is 0. The van der Waals surface area contributed by atoms with Crippen molar-refractivity contribution in [3.8, 4) is 0 Å². The Balaban J connectivity index is 2.71. The molecule has 0 spiro atoms. The van der Waals surface area contributed by atoms with Crippen LogP contribution in [0.15, 0.2) is 12.4 Å². The zero-order valence-corrected chi connectivity index (χ0v) is 12.1. The first-order valence-corrected chi connectivity index (χ1v) is 6.96. The maximum Gasteiger partial charge on any atom is 0.147 e. The standard InChI is InChI=1S/C14H26N4/c1-5-7-18(8-6-2)14-11-15-9-13(17-14)10-16-12(3)4/h9,11-12,16H,5-8,10H2,1-4H3. The molecule has 0 saturated carbocycles. The molecule has 0 unspecified atom stereocenters. The van der Waals surface area contributed by atoms with E-state index in [1.54, 1.807) is 0 Å². The van der Waals surface area contributed by atoms with Crippen molar-refractivity contribution >= 4 is 5.82 Å². The van der Waals surface area contributed by atoms with E-state index < -0.39 is 0 Å². The predicted molar refractivity (Wildman–Crippen MR) is 76.8 cm³/mol. The fraction of sp³-hybridized carbons (Fsp3) is 0.714. The molecule has 0 amide bonds. The quantitative estimate of drug-likeness (QED) is 0.770. The molecular formula is C14H26N4. The molecule has 0 fully saturated rings. The lowest BCUT2D eigenvalue weighted by atomic mass is 10.3. The lowest BCUT2D eigenvalue weighted by Crippen LogP contribution is -2.27. The fourth-order valence-electron chi connectivity index (χ4n) is 1.82. The Bertz CT molecular complexity index is 332. The van der Waals surface area contributed by atoms with E-state index in [1.165, 1.54) is 0 Å². The van der Waals surface area contributed by atoms with Crippen molar-refractivity contribution < 1.29 is 0 Å². The van der Waals surface area contributed by atoms with Gasteiger partial charge in [-0.25, -0.2) is 4.98 Å². The molecular weight excluding hydrogens is 224 g/mol. The number of nitrogens with one attached hydrogen (secondary N) is 1. The van der Waals surface area contributed by atoms with E-state index in [1.807, 2.05) is 12.4 Å². The Hall–Kier alpha value is -1.16. The molecule has 0 aliphatic heterocycles. The molecule has 1 heterocycles. The van der Waals surface area contributed by atoms with Crippen LogP contribution in [0.5, 0.6) is 0 Å². The summed E-state index contributed by atoms with van der Waals surface area (Å²) in [6.07, 6.45) is 5.98. The summed E-state index contributed by atoms with van der Waals surface area (Å²) in [4.78, 5) is 11.3. The van der Waals surface area contributed by atoms with Gasteiger partial charge in [0.25, 0.3) is 0 Å².